The van der Waals surface area contributed by atoms with Gasteiger partial charge in [0.25, 0.3) is 0 Å². The second-order valence-electron chi connectivity index (χ2n) is 6.73. The molecule has 0 saturated carbocycles. The lowest BCUT2D eigenvalue weighted by Crippen LogP contribution is -2.04. The van der Waals surface area contributed by atoms with Crippen molar-refractivity contribution in [2.45, 2.75) is 46.5 Å². The Morgan fingerprint density at radius 3 is 2.50 bits per heavy atom. The first kappa shape index (κ1) is 19.1. The first-order valence-electron chi connectivity index (χ1n) is 8.96. The number of aryl methyl sites for hydroxylation is 1. The van der Waals surface area contributed by atoms with Gasteiger partial charge >= 0.3 is 0 Å². The Labute approximate surface area is 154 Å². The van der Waals surface area contributed by atoms with Gasteiger partial charge in [0.1, 0.15) is 11.5 Å². The fraction of sp³-hybridized carbons (Fsp3) is 0.524. The smallest absolute Gasteiger partial charge is 0.122 e. The molecule has 0 saturated heterocycles. The van der Waals surface area contributed by atoms with Crippen molar-refractivity contribution < 1.29 is 9.47 Å². The van der Waals surface area contributed by atoms with E-state index in [9.17, 15) is 0 Å². The van der Waals surface area contributed by atoms with Gasteiger partial charge in [-0.05, 0) is 60.2 Å². The minimum atomic E-state index is 0.535. The van der Waals surface area contributed by atoms with Gasteiger partial charge in [-0.3, -0.25) is 0 Å². The van der Waals surface area contributed by atoms with E-state index >= 15 is 0 Å². The van der Waals surface area contributed by atoms with E-state index in [1.54, 1.807) is 0 Å². The van der Waals surface area contributed by atoms with E-state index in [0.717, 1.165) is 36.5 Å². The highest BCUT2D eigenvalue weighted by molar-refractivity contribution is 9.09. The molecular formula is C21H29BrO2. The second-order valence-corrected chi connectivity index (χ2v) is 7.52. The topological polar surface area (TPSA) is 18.5 Å². The quantitative estimate of drug-likeness (QED) is 0.338. The molecule has 2 aromatic rings. The zero-order valence-electron chi connectivity index (χ0n) is 15.1. The lowest BCUT2D eigenvalue weighted by atomic mass is 10.0. The van der Waals surface area contributed by atoms with Gasteiger partial charge < -0.3 is 9.47 Å². The van der Waals surface area contributed by atoms with Crippen molar-refractivity contribution >= 4 is 26.7 Å². The number of fused-ring (bicyclic) bond motifs is 1. The van der Waals surface area contributed by atoms with Crippen LogP contribution >= 0.6 is 15.9 Å². The molecule has 2 nitrogen and oxygen atoms in total. The number of hydrogen-bond donors (Lipinski definition) is 0. The highest BCUT2D eigenvalue weighted by Crippen LogP contribution is 2.30. The second kappa shape index (κ2) is 9.93. The third-order valence-corrected chi connectivity index (χ3v) is 4.64. The van der Waals surface area contributed by atoms with Crippen molar-refractivity contribution in [3.8, 4) is 11.5 Å². The van der Waals surface area contributed by atoms with Crippen LogP contribution in [0, 0.1) is 12.8 Å². The Hall–Kier alpha value is -1.22. The Morgan fingerprint density at radius 1 is 0.958 bits per heavy atom. The van der Waals surface area contributed by atoms with Gasteiger partial charge in [-0.2, -0.15) is 0 Å². The van der Waals surface area contributed by atoms with Gasteiger partial charge in [0, 0.05) is 5.33 Å². The summed E-state index contributed by atoms with van der Waals surface area (Å²) in [6.45, 7) is 8.01. The molecule has 3 heteroatoms. The minimum absolute atomic E-state index is 0.535. The van der Waals surface area contributed by atoms with Gasteiger partial charge in [-0.25, -0.2) is 0 Å². The number of unbranched alkanes of at least 4 members (excludes halogenated alkanes) is 3. The van der Waals surface area contributed by atoms with E-state index in [4.69, 9.17) is 9.47 Å². The molecule has 2 aromatic carbocycles. The molecule has 0 aromatic heterocycles. The molecule has 0 heterocycles. The van der Waals surface area contributed by atoms with Crippen molar-refractivity contribution in [2.24, 2.45) is 5.92 Å². The average Bonchev–Trinajstić information content (AvgIpc) is 2.58. The number of ether oxygens (including phenoxy) is 2. The molecule has 0 unspecified atom stereocenters. The summed E-state index contributed by atoms with van der Waals surface area (Å²) in [5, 5.41) is 3.54. The normalized spacial score (nSPS) is 11.2. The van der Waals surface area contributed by atoms with Gasteiger partial charge in [-0.15, -0.1) is 0 Å². The van der Waals surface area contributed by atoms with Crippen LogP contribution in [0.4, 0.5) is 0 Å². The van der Waals surface area contributed by atoms with E-state index in [2.05, 4.69) is 67.0 Å². The van der Waals surface area contributed by atoms with E-state index in [1.165, 1.54) is 35.6 Å². The highest BCUT2D eigenvalue weighted by Gasteiger charge is 2.06. The molecule has 0 bridgehead atoms. The maximum absolute atomic E-state index is 5.99. The lowest BCUT2D eigenvalue weighted by Gasteiger charge is -2.13. The summed E-state index contributed by atoms with van der Waals surface area (Å²) in [4.78, 5) is 0. The summed E-state index contributed by atoms with van der Waals surface area (Å²) in [5.74, 6) is 2.47. The number of hydrogen-bond acceptors (Lipinski definition) is 2. The van der Waals surface area contributed by atoms with Gasteiger partial charge in [0.2, 0.25) is 0 Å². The summed E-state index contributed by atoms with van der Waals surface area (Å²) in [5.41, 5.74) is 1.21. The van der Waals surface area contributed by atoms with Gasteiger partial charge in [0.15, 0.2) is 0 Å². The van der Waals surface area contributed by atoms with Crippen LogP contribution < -0.4 is 9.47 Å². The Morgan fingerprint density at radius 2 is 1.75 bits per heavy atom. The van der Waals surface area contributed by atoms with Crippen molar-refractivity contribution in [3.63, 3.8) is 0 Å². The van der Waals surface area contributed by atoms with Crippen LogP contribution in [0.2, 0.25) is 0 Å². The molecule has 0 N–H and O–H groups in total. The molecule has 0 spiro atoms. The largest absolute Gasteiger partial charge is 0.493 e. The molecule has 2 rings (SSSR count). The van der Waals surface area contributed by atoms with Crippen LogP contribution in [0.5, 0.6) is 11.5 Å². The molecule has 0 atom stereocenters. The zero-order valence-corrected chi connectivity index (χ0v) is 16.7. The molecule has 0 aliphatic heterocycles. The fourth-order valence-electron chi connectivity index (χ4n) is 2.68. The summed E-state index contributed by atoms with van der Waals surface area (Å²) >= 11 is 3.47. The van der Waals surface area contributed by atoms with Crippen molar-refractivity contribution in [2.75, 3.05) is 18.5 Å². The summed E-state index contributed by atoms with van der Waals surface area (Å²) in [6, 6.07) is 10.5. The molecule has 0 radical (unpaired) electrons. The van der Waals surface area contributed by atoms with E-state index in [0.29, 0.717) is 5.92 Å². The van der Waals surface area contributed by atoms with Gasteiger partial charge in [-0.1, -0.05) is 54.8 Å². The van der Waals surface area contributed by atoms with E-state index < -0.39 is 0 Å². The zero-order chi connectivity index (χ0) is 17.4. The molecule has 0 aliphatic rings. The number of benzene rings is 2. The van der Waals surface area contributed by atoms with Crippen molar-refractivity contribution in [3.05, 3.63) is 35.9 Å². The summed E-state index contributed by atoms with van der Waals surface area (Å²) in [7, 11) is 0. The monoisotopic (exact) mass is 392 g/mol. The van der Waals surface area contributed by atoms with E-state index in [-0.39, 0.29) is 0 Å². The fourth-order valence-corrected chi connectivity index (χ4v) is 3.08. The standard InChI is InChI=1S/C21H29BrO2/c1-16(2)15-24-19-9-10-20-17(3)21(11-8-18(20)14-19)23-13-7-5-4-6-12-22/h8-11,14,16H,4-7,12-13,15H2,1-3H3. The van der Waals surface area contributed by atoms with Crippen LogP contribution in [0.1, 0.15) is 45.1 Å². The van der Waals surface area contributed by atoms with Gasteiger partial charge in [0.05, 0.1) is 13.2 Å². The van der Waals surface area contributed by atoms with E-state index in [1.807, 2.05) is 0 Å². The van der Waals surface area contributed by atoms with Crippen LogP contribution in [0.3, 0.4) is 0 Å². The highest BCUT2D eigenvalue weighted by atomic mass is 79.9. The predicted molar refractivity (Wildman–Crippen MR) is 107 cm³/mol. The number of halogens is 1. The molecule has 24 heavy (non-hydrogen) atoms. The minimum Gasteiger partial charge on any atom is -0.493 e. The molecular weight excluding hydrogens is 364 g/mol. The van der Waals surface area contributed by atoms with Crippen LogP contribution in [-0.2, 0) is 0 Å². The first-order chi connectivity index (χ1) is 11.6. The lowest BCUT2D eigenvalue weighted by molar-refractivity contribution is 0.271. The Bertz CT molecular complexity index is 637. The number of alkyl halides is 1. The molecule has 0 amide bonds. The maximum Gasteiger partial charge on any atom is 0.122 e. The van der Waals surface area contributed by atoms with Crippen molar-refractivity contribution in [1.82, 2.24) is 0 Å². The maximum atomic E-state index is 5.99. The summed E-state index contributed by atoms with van der Waals surface area (Å²) < 4.78 is 11.8. The Balaban J connectivity index is 1.98. The molecule has 132 valence electrons. The predicted octanol–water partition coefficient (Wildman–Crippen LogP) is 6.52. The Kier molecular flexibility index (Phi) is 7.90. The SMILES string of the molecule is Cc1c(OCCCCCCBr)ccc2cc(OCC(C)C)ccc12. The van der Waals surface area contributed by atoms with Crippen LogP contribution in [0.15, 0.2) is 30.3 Å². The van der Waals surface area contributed by atoms with Crippen LogP contribution in [0.25, 0.3) is 10.8 Å². The average molecular weight is 393 g/mol. The first-order valence-corrected chi connectivity index (χ1v) is 10.1. The van der Waals surface area contributed by atoms with Crippen LogP contribution in [-0.4, -0.2) is 18.5 Å². The van der Waals surface area contributed by atoms with Crippen molar-refractivity contribution in [1.29, 1.82) is 0 Å². The summed E-state index contributed by atoms with van der Waals surface area (Å²) in [6.07, 6.45) is 4.86. The third kappa shape index (κ3) is 5.70. The third-order valence-electron chi connectivity index (χ3n) is 4.08. The number of rotatable bonds is 10. The molecule has 0 aliphatic carbocycles. The molecule has 0 fully saturated rings.